The van der Waals surface area contributed by atoms with Gasteiger partial charge in [0.15, 0.2) is 0 Å². The molecular weight excluding hydrogens is 392 g/mol. The number of rotatable bonds is 6. The summed E-state index contributed by atoms with van der Waals surface area (Å²) in [6.45, 7) is 3.84. The molecule has 0 atom stereocenters. The number of ether oxygens (including phenoxy) is 1. The van der Waals surface area contributed by atoms with E-state index in [0.717, 1.165) is 22.5 Å². The van der Waals surface area contributed by atoms with E-state index in [2.05, 4.69) is 10.3 Å². The van der Waals surface area contributed by atoms with Gasteiger partial charge in [-0.3, -0.25) is 9.78 Å². The van der Waals surface area contributed by atoms with Gasteiger partial charge in [0.05, 0.1) is 12.2 Å². The van der Waals surface area contributed by atoms with Crippen LogP contribution < -0.4 is 5.32 Å². The van der Waals surface area contributed by atoms with Crippen LogP contribution in [-0.2, 0) is 4.74 Å². The molecule has 0 radical (unpaired) electrons. The van der Waals surface area contributed by atoms with Crippen LogP contribution in [0.5, 0.6) is 0 Å². The van der Waals surface area contributed by atoms with Crippen LogP contribution >= 0.6 is 11.3 Å². The van der Waals surface area contributed by atoms with E-state index in [1.54, 1.807) is 12.3 Å². The first-order valence-electron chi connectivity index (χ1n) is 8.77. The van der Waals surface area contributed by atoms with E-state index in [1.807, 2.05) is 31.2 Å². The van der Waals surface area contributed by atoms with Crippen molar-refractivity contribution in [2.75, 3.05) is 11.9 Å². The fourth-order valence-corrected chi connectivity index (χ4v) is 3.67. The van der Waals surface area contributed by atoms with Gasteiger partial charge in [0.2, 0.25) is 0 Å². The summed E-state index contributed by atoms with van der Waals surface area (Å²) < 4.78 is 5.17. The Labute approximate surface area is 171 Å². The summed E-state index contributed by atoms with van der Waals surface area (Å²) in [6, 6.07) is 10.3. The Morgan fingerprint density at radius 2 is 1.90 bits per heavy atom. The Morgan fingerprint density at radius 3 is 2.55 bits per heavy atom. The minimum absolute atomic E-state index is 0.179. The average molecular weight is 410 g/mol. The predicted octanol–water partition coefficient (Wildman–Crippen LogP) is 4.25. The number of hydrogen-bond acceptors (Lipinski definition) is 6. The Morgan fingerprint density at radius 1 is 1.17 bits per heavy atom. The number of aromatic nitrogens is 1. The third-order valence-corrected chi connectivity index (χ3v) is 5.01. The number of anilines is 1. The van der Waals surface area contributed by atoms with E-state index in [0.29, 0.717) is 5.56 Å². The van der Waals surface area contributed by atoms with Crippen LogP contribution in [0, 0.1) is 6.92 Å². The van der Waals surface area contributed by atoms with E-state index in [9.17, 15) is 19.5 Å². The summed E-state index contributed by atoms with van der Waals surface area (Å²) in [4.78, 5) is 40.5. The molecule has 0 bridgehead atoms. The summed E-state index contributed by atoms with van der Waals surface area (Å²) in [5.41, 5.74) is 2.27. The van der Waals surface area contributed by atoms with Gasteiger partial charge in [-0.15, -0.1) is 11.3 Å². The minimum atomic E-state index is -1.26. The Bertz CT molecular complexity index is 1070. The number of thiophene rings is 1. The van der Waals surface area contributed by atoms with Gasteiger partial charge in [0, 0.05) is 17.1 Å². The van der Waals surface area contributed by atoms with Gasteiger partial charge in [-0.1, -0.05) is 29.8 Å². The number of pyridine rings is 1. The van der Waals surface area contributed by atoms with E-state index in [1.165, 1.54) is 18.3 Å². The molecule has 0 aliphatic carbocycles. The van der Waals surface area contributed by atoms with Crippen molar-refractivity contribution < 1.29 is 24.2 Å². The van der Waals surface area contributed by atoms with E-state index in [-0.39, 0.29) is 28.4 Å². The number of nitrogens with one attached hydrogen (secondary N) is 1. The van der Waals surface area contributed by atoms with Gasteiger partial charge in [0.25, 0.3) is 5.91 Å². The highest BCUT2D eigenvalue weighted by Gasteiger charge is 2.25. The van der Waals surface area contributed by atoms with E-state index < -0.39 is 17.8 Å². The third-order valence-electron chi connectivity index (χ3n) is 4.11. The van der Waals surface area contributed by atoms with Crippen molar-refractivity contribution in [3.8, 4) is 11.1 Å². The van der Waals surface area contributed by atoms with Gasteiger partial charge < -0.3 is 15.2 Å². The summed E-state index contributed by atoms with van der Waals surface area (Å²) in [5.74, 6) is -2.55. The lowest BCUT2D eigenvalue weighted by molar-refractivity contribution is 0.0528. The molecule has 0 aliphatic rings. The van der Waals surface area contributed by atoms with Gasteiger partial charge in [0.1, 0.15) is 16.3 Å². The molecule has 1 amide bonds. The first kappa shape index (κ1) is 20.2. The second kappa shape index (κ2) is 8.66. The monoisotopic (exact) mass is 410 g/mol. The van der Waals surface area contributed by atoms with Crippen LogP contribution in [0.3, 0.4) is 0 Å². The van der Waals surface area contributed by atoms with Gasteiger partial charge >= 0.3 is 11.9 Å². The molecule has 0 saturated carbocycles. The quantitative estimate of drug-likeness (QED) is 0.589. The minimum Gasteiger partial charge on any atom is -0.478 e. The van der Waals surface area contributed by atoms with Crippen molar-refractivity contribution in [2.45, 2.75) is 13.8 Å². The highest BCUT2D eigenvalue weighted by Crippen LogP contribution is 2.36. The number of amides is 1. The number of esters is 1. The van der Waals surface area contributed by atoms with Crippen molar-refractivity contribution in [2.24, 2.45) is 0 Å². The van der Waals surface area contributed by atoms with E-state index >= 15 is 0 Å². The Kier molecular flexibility index (Phi) is 6.04. The lowest BCUT2D eigenvalue weighted by atomic mass is 10.0. The largest absolute Gasteiger partial charge is 0.478 e. The van der Waals surface area contributed by atoms with Crippen LogP contribution in [0.15, 0.2) is 48.0 Å². The number of carbonyl (C=O) groups excluding carboxylic acids is 2. The van der Waals surface area contributed by atoms with Crippen molar-refractivity contribution >= 4 is 34.2 Å². The fraction of sp³-hybridized carbons (Fsp3) is 0.143. The van der Waals surface area contributed by atoms with Crippen molar-refractivity contribution in [3.05, 3.63) is 70.4 Å². The maximum absolute atomic E-state index is 12.7. The molecule has 2 aromatic heterocycles. The molecule has 3 aromatic rings. The lowest BCUT2D eigenvalue weighted by Crippen LogP contribution is -2.19. The van der Waals surface area contributed by atoms with Crippen molar-refractivity contribution in [1.29, 1.82) is 0 Å². The lowest BCUT2D eigenvalue weighted by Gasteiger charge is -2.09. The maximum Gasteiger partial charge on any atom is 0.341 e. The molecular formula is C21H18N2O5S. The molecule has 2 heterocycles. The van der Waals surface area contributed by atoms with Gasteiger partial charge in [-0.05, 0) is 31.5 Å². The highest BCUT2D eigenvalue weighted by atomic mass is 32.1. The number of nitrogens with zero attached hydrogens (tertiary/aromatic N) is 1. The molecule has 148 valence electrons. The molecule has 3 rings (SSSR count). The molecule has 8 heteroatoms. The molecule has 0 spiro atoms. The van der Waals surface area contributed by atoms with Crippen LogP contribution in [-0.4, -0.2) is 34.5 Å². The second-order valence-electron chi connectivity index (χ2n) is 6.10. The summed E-state index contributed by atoms with van der Waals surface area (Å²) in [6.07, 6.45) is 1.33. The number of hydrogen-bond donors (Lipinski definition) is 2. The molecule has 0 unspecified atom stereocenters. The second-order valence-corrected chi connectivity index (χ2v) is 6.98. The van der Waals surface area contributed by atoms with Crippen LogP contribution in [0.1, 0.15) is 43.7 Å². The topological polar surface area (TPSA) is 106 Å². The Hall–Kier alpha value is -3.52. The zero-order valence-electron chi connectivity index (χ0n) is 15.8. The van der Waals surface area contributed by atoms with Crippen LogP contribution in [0.25, 0.3) is 11.1 Å². The molecule has 7 nitrogen and oxygen atoms in total. The van der Waals surface area contributed by atoms with E-state index in [4.69, 9.17) is 4.74 Å². The van der Waals surface area contributed by atoms with Crippen molar-refractivity contribution in [1.82, 2.24) is 4.98 Å². The van der Waals surface area contributed by atoms with Gasteiger partial charge in [-0.25, -0.2) is 9.59 Å². The zero-order valence-corrected chi connectivity index (χ0v) is 16.6. The summed E-state index contributed by atoms with van der Waals surface area (Å²) in [7, 11) is 0. The molecule has 2 N–H and O–H groups in total. The van der Waals surface area contributed by atoms with Crippen molar-refractivity contribution in [3.63, 3.8) is 0 Å². The smallest absolute Gasteiger partial charge is 0.341 e. The summed E-state index contributed by atoms with van der Waals surface area (Å²) in [5, 5.41) is 13.9. The van der Waals surface area contributed by atoms with Crippen LogP contribution in [0.4, 0.5) is 5.00 Å². The standard InChI is InChI=1S/C21H18N2O5S/c1-3-28-21(27)16-15(13-8-6-12(2)7-9-13)11-29-19(16)23-18(24)17-14(20(25)26)5-4-10-22-17/h4-11H,3H2,1-2H3,(H,23,24)(H,25,26). The SMILES string of the molecule is CCOC(=O)c1c(-c2ccc(C)cc2)csc1NC(=O)c1ncccc1C(=O)O. The molecule has 1 aromatic carbocycles. The predicted molar refractivity (Wildman–Crippen MR) is 110 cm³/mol. The number of aryl methyl sites for hydroxylation is 1. The molecule has 0 aliphatic heterocycles. The number of benzene rings is 1. The number of aromatic carboxylic acids is 1. The first-order chi connectivity index (χ1) is 13.9. The number of carbonyl (C=O) groups is 3. The highest BCUT2D eigenvalue weighted by molar-refractivity contribution is 7.15. The van der Waals surface area contributed by atoms with Crippen LogP contribution in [0.2, 0.25) is 0 Å². The molecule has 29 heavy (non-hydrogen) atoms. The molecule has 0 fully saturated rings. The third kappa shape index (κ3) is 4.33. The maximum atomic E-state index is 12.7. The normalized spacial score (nSPS) is 10.4. The number of carboxylic acid groups (broad SMARTS) is 1. The summed E-state index contributed by atoms with van der Waals surface area (Å²) >= 11 is 1.16. The Balaban J connectivity index is 2.01. The van der Waals surface area contributed by atoms with Gasteiger partial charge in [-0.2, -0.15) is 0 Å². The first-order valence-corrected chi connectivity index (χ1v) is 9.65. The fourth-order valence-electron chi connectivity index (χ4n) is 2.72. The zero-order chi connectivity index (χ0) is 21.0. The number of carboxylic acids is 1. The average Bonchev–Trinajstić information content (AvgIpc) is 3.12. The molecule has 0 saturated heterocycles.